The smallest absolute Gasteiger partial charge is 0.231 e. The summed E-state index contributed by atoms with van der Waals surface area (Å²) >= 11 is 6.33. The molecule has 6 nitrogen and oxygen atoms in total. The standard InChI is InChI=1S/C22H25ClN2O4/c1-27-18-4-2-3-15(9-18)13-25-17(5-6-22(25)26)7-8-24-12-16-10-20-21(11-19(16)23)29-14-28-20/h2-4,9-11,17,24H,5-8,12-14H2,1H3/t17-/m0/s1. The summed E-state index contributed by atoms with van der Waals surface area (Å²) < 4.78 is 16.1. The number of halogens is 1. The summed E-state index contributed by atoms with van der Waals surface area (Å²) in [7, 11) is 1.65. The van der Waals surface area contributed by atoms with Gasteiger partial charge in [0.2, 0.25) is 12.7 Å². The van der Waals surface area contributed by atoms with Gasteiger partial charge in [0.05, 0.1) is 7.11 Å². The van der Waals surface area contributed by atoms with Crippen molar-refractivity contribution in [3.63, 3.8) is 0 Å². The molecule has 7 heteroatoms. The van der Waals surface area contributed by atoms with Crippen molar-refractivity contribution in [2.45, 2.75) is 38.4 Å². The molecule has 0 unspecified atom stereocenters. The largest absolute Gasteiger partial charge is 0.497 e. The first kappa shape index (κ1) is 19.9. The van der Waals surface area contributed by atoms with E-state index in [0.29, 0.717) is 30.3 Å². The van der Waals surface area contributed by atoms with Crippen molar-refractivity contribution in [1.29, 1.82) is 0 Å². The quantitative estimate of drug-likeness (QED) is 0.664. The lowest BCUT2D eigenvalue weighted by atomic mass is 10.1. The van der Waals surface area contributed by atoms with Crippen molar-refractivity contribution < 1.29 is 19.0 Å². The fourth-order valence-electron chi connectivity index (χ4n) is 3.86. The molecule has 0 radical (unpaired) electrons. The Balaban J connectivity index is 1.30. The van der Waals surface area contributed by atoms with Crippen LogP contribution in [0, 0.1) is 0 Å². The SMILES string of the molecule is COc1cccc(CN2C(=O)CC[C@H]2CCNCc2cc3c(cc2Cl)OCO3)c1. The van der Waals surface area contributed by atoms with Crippen molar-refractivity contribution >= 4 is 17.5 Å². The molecular formula is C22H25ClN2O4. The van der Waals surface area contributed by atoms with Crippen molar-refractivity contribution in [3.05, 3.63) is 52.5 Å². The Labute approximate surface area is 175 Å². The Morgan fingerprint density at radius 3 is 2.90 bits per heavy atom. The summed E-state index contributed by atoms with van der Waals surface area (Å²) in [6, 6.07) is 11.9. The first-order valence-corrected chi connectivity index (χ1v) is 10.2. The maximum atomic E-state index is 12.4. The van der Waals surface area contributed by atoms with Gasteiger partial charge in [-0.1, -0.05) is 23.7 Å². The number of nitrogens with one attached hydrogen (secondary N) is 1. The van der Waals surface area contributed by atoms with Crippen LogP contribution in [0.1, 0.15) is 30.4 Å². The van der Waals surface area contributed by atoms with E-state index < -0.39 is 0 Å². The fourth-order valence-corrected chi connectivity index (χ4v) is 4.09. The van der Waals surface area contributed by atoms with Gasteiger partial charge < -0.3 is 24.4 Å². The molecule has 0 spiro atoms. The van der Waals surface area contributed by atoms with Crippen LogP contribution in [0.5, 0.6) is 17.2 Å². The number of ether oxygens (including phenoxy) is 3. The van der Waals surface area contributed by atoms with Crippen LogP contribution < -0.4 is 19.5 Å². The highest BCUT2D eigenvalue weighted by atomic mass is 35.5. The van der Waals surface area contributed by atoms with Crippen molar-refractivity contribution in [2.75, 3.05) is 20.4 Å². The first-order valence-electron chi connectivity index (χ1n) is 9.85. The lowest BCUT2D eigenvalue weighted by Crippen LogP contribution is -2.34. The second-order valence-corrected chi connectivity index (χ2v) is 7.74. The Morgan fingerprint density at radius 1 is 1.24 bits per heavy atom. The van der Waals surface area contributed by atoms with Gasteiger partial charge in [0.25, 0.3) is 0 Å². The van der Waals surface area contributed by atoms with Crippen molar-refractivity contribution in [3.8, 4) is 17.2 Å². The second-order valence-electron chi connectivity index (χ2n) is 7.33. The van der Waals surface area contributed by atoms with Crippen molar-refractivity contribution in [2.24, 2.45) is 0 Å². The zero-order valence-electron chi connectivity index (χ0n) is 16.4. The van der Waals surface area contributed by atoms with Crippen LogP contribution in [0.2, 0.25) is 5.02 Å². The average Bonchev–Trinajstić information content (AvgIpc) is 3.32. The van der Waals surface area contributed by atoms with E-state index in [1.807, 2.05) is 35.2 Å². The summed E-state index contributed by atoms with van der Waals surface area (Å²) in [6.07, 6.45) is 2.41. The van der Waals surface area contributed by atoms with Gasteiger partial charge in [-0.05, 0) is 48.7 Å². The number of carbonyl (C=O) groups excluding carboxylic acids is 1. The Bertz CT molecular complexity index is 889. The van der Waals surface area contributed by atoms with Crippen LogP contribution in [-0.4, -0.2) is 37.3 Å². The van der Waals surface area contributed by atoms with E-state index in [0.717, 1.165) is 42.0 Å². The van der Waals surface area contributed by atoms with Crippen LogP contribution >= 0.6 is 11.6 Å². The summed E-state index contributed by atoms with van der Waals surface area (Å²) in [5.41, 5.74) is 2.07. The number of likely N-dealkylation sites (tertiary alicyclic amines) is 1. The highest BCUT2D eigenvalue weighted by Gasteiger charge is 2.30. The maximum absolute atomic E-state index is 12.4. The number of hydrogen-bond donors (Lipinski definition) is 1. The van der Waals surface area contributed by atoms with Crippen LogP contribution in [0.15, 0.2) is 36.4 Å². The zero-order chi connectivity index (χ0) is 20.2. The van der Waals surface area contributed by atoms with E-state index in [1.54, 1.807) is 13.2 Å². The molecule has 2 aromatic rings. The van der Waals surface area contributed by atoms with Gasteiger partial charge in [0, 0.05) is 36.6 Å². The van der Waals surface area contributed by atoms with Gasteiger partial charge in [0.1, 0.15) is 5.75 Å². The summed E-state index contributed by atoms with van der Waals surface area (Å²) in [5.74, 6) is 2.46. The maximum Gasteiger partial charge on any atom is 0.231 e. The van der Waals surface area contributed by atoms with Crippen LogP contribution in [-0.2, 0) is 17.9 Å². The molecular weight excluding hydrogens is 392 g/mol. The molecule has 4 rings (SSSR count). The van der Waals surface area contributed by atoms with E-state index in [9.17, 15) is 4.79 Å². The van der Waals surface area contributed by atoms with Gasteiger partial charge in [0.15, 0.2) is 11.5 Å². The predicted octanol–water partition coefficient (Wildman–Crippen LogP) is 3.75. The third-order valence-corrected chi connectivity index (χ3v) is 5.80. The third kappa shape index (κ3) is 4.60. The molecule has 1 atom stereocenters. The molecule has 2 aromatic carbocycles. The minimum atomic E-state index is 0.219. The molecule has 0 saturated carbocycles. The Morgan fingerprint density at radius 2 is 2.07 bits per heavy atom. The van der Waals surface area contributed by atoms with E-state index in [1.165, 1.54) is 0 Å². The van der Waals surface area contributed by atoms with E-state index in [2.05, 4.69) is 5.32 Å². The van der Waals surface area contributed by atoms with Crippen LogP contribution in [0.3, 0.4) is 0 Å². The lowest BCUT2D eigenvalue weighted by molar-refractivity contribution is -0.129. The summed E-state index contributed by atoms with van der Waals surface area (Å²) in [5, 5.41) is 4.10. The topological polar surface area (TPSA) is 60.0 Å². The predicted molar refractivity (Wildman–Crippen MR) is 110 cm³/mol. The number of fused-ring (bicyclic) bond motifs is 1. The summed E-state index contributed by atoms with van der Waals surface area (Å²) in [4.78, 5) is 14.4. The number of amides is 1. The Hall–Kier alpha value is -2.44. The average molecular weight is 417 g/mol. The van der Waals surface area contributed by atoms with Crippen LogP contribution in [0.25, 0.3) is 0 Å². The molecule has 1 N–H and O–H groups in total. The fraction of sp³-hybridized carbons (Fsp3) is 0.409. The highest BCUT2D eigenvalue weighted by Crippen LogP contribution is 2.36. The van der Waals surface area contributed by atoms with E-state index in [-0.39, 0.29) is 18.7 Å². The number of carbonyl (C=O) groups is 1. The molecule has 2 heterocycles. The van der Waals surface area contributed by atoms with E-state index in [4.69, 9.17) is 25.8 Å². The molecule has 1 fully saturated rings. The summed E-state index contributed by atoms with van der Waals surface area (Å²) in [6.45, 7) is 2.30. The normalized spacial score (nSPS) is 17.8. The number of rotatable bonds is 8. The molecule has 0 aromatic heterocycles. The molecule has 0 bridgehead atoms. The molecule has 2 aliphatic rings. The van der Waals surface area contributed by atoms with Crippen molar-refractivity contribution in [1.82, 2.24) is 10.2 Å². The van der Waals surface area contributed by atoms with Gasteiger partial charge in [-0.15, -0.1) is 0 Å². The number of methoxy groups -OCH3 is 1. The molecule has 154 valence electrons. The second kappa shape index (κ2) is 8.93. The highest BCUT2D eigenvalue weighted by molar-refractivity contribution is 6.31. The molecule has 1 amide bonds. The van der Waals surface area contributed by atoms with Gasteiger partial charge in [-0.25, -0.2) is 0 Å². The van der Waals surface area contributed by atoms with Gasteiger partial charge in [-0.2, -0.15) is 0 Å². The first-order chi connectivity index (χ1) is 14.1. The third-order valence-electron chi connectivity index (χ3n) is 5.45. The number of benzene rings is 2. The van der Waals surface area contributed by atoms with Gasteiger partial charge in [-0.3, -0.25) is 4.79 Å². The number of nitrogens with zero attached hydrogens (tertiary/aromatic N) is 1. The molecule has 2 aliphatic heterocycles. The lowest BCUT2D eigenvalue weighted by Gasteiger charge is -2.25. The van der Waals surface area contributed by atoms with Crippen LogP contribution in [0.4, 0.5) is 0 Å². The monoisotopic (exact) mass is 416 g/mol. The molecule has 0 aliphatic carbocycles. The Kier molecular flexibility index (Phi) is 6.11. The minimum absolute atomic E-state index is 0.219. The van der Waals surface area contributed by atoms with E-state index >= 15 is 0 Å². The molecule has 1 saturated heterocycles. The number of hydrogen-bond acceptors (Lipinski definition) is 5. The van der Waals surface area contributed by atoms with Gasteiger partial charge >= 0.3 is 0 Å². The minimum Gasteiger partial charge on any atom is -0.497 e. The zero-order valence-corrected chi connectivity index (χ0v) is 17.2. The molecule has 29 heavy (non-hydrogen) atoms.